The van der Waals surface area contributed by atoms with Crippen LogP contribution in [0.4, 0.5) is 4.79 Å². The lowest BCUT2D eigenvalue weighted by Crippen LogP contribution is -2.41. The van der Waals surface area contributed by atoms with Crippen molar-refractivity contribution in [3.05, 3.63) is 83.6 Å². The van der Waals surface area contributed by atoms with Crippen molar-refractivity contribution in [1.29, 1.82) is 0 Å². The van der Waals surface area contributed by atoms with Crippen molar-refractivity contribution in [1.82, 2.24) is 15.5 Å². The second-order valence-corrected chi connectivity index (χ2v) is 9.56. The van der Waals surface area contributed by atoms with Crippen LogP contribution in [-0.2, 0) is 10.2 Å². The molecule has 5 heteroatoms. The van der Waals surface area contributed by atoms with E-state index in [0.717, 1.165) is 30.5 Å². The highest BCUT2D eigenvalue weighted by atomic mass is 16.6. The molecule has 1 heterocycles. The first-order chi connectivity index (χ1) is 16.5. The fourth-order valence-corrected chi connectivity index (χ4v) is 4.91. The second-order valence-electron chi connectivity index (χ2n) is 9.56. The van der Waals surface area contributed by atoms with Gasteiger partial charge in [-0.2, -0.15) is 0 Å². The van der Waals surface area contributed by atoms with E-state index in [2.05, 4.69) is 85.1 Å². The summed E-state index contributed by atoms with van der Waals surface area (Å²) in [6, 6.07) is 21.5. The Balaban J connectivity index is 1.89. The Morgan fingerprint density at radius 1 is 1.12 bits per heavy atom. The molecular formula is C29H41N3O2. The Bertz CT molecular complexity index is 866. The van der Waals surface area contributed by atoms with Crippen molar-refractivity contribution in [2.75, 3.05) is 27.2 Å². The maximum absolute atomic E-state index is 13.0. The van der Waals surface area contributed by atoms with Gasteiger partial charge in [-0.1, -0.05) is 67.1 Å². The van der Waals surface area contributed by atoms with Crippen molar-refractivity contribution in [3.63, 3.8) is 0 Å². The van der Waals surface area contributed by atoms with E-state index < -0.39 is 11.5 Å². The fourth-order valence-electron chi connectivity index (χ4n) is 4.91. The van der Waals surface area contributed by atoms with Gasteiger partial charge in [0.25, 0.3) is 0 Å². The molecular weight excluding hydrogens is 422 g/mol. The molecule has 0 radical (unpaired) electrons. The van der Waals surface area contributed by atoms with E-state index in [4.69, 9.17) is 4.74 Å². The molecule has 2 atom stereocenters. The number of carbonyl (C=O) groups is 1. The van der Waals surface area contributed by atoms with Crippen LogP contribution >= 0.6 is 0 Å². The molecule has 1 saturated heterocycles. The number of hydrogen-bond donors (Lipinski definition) is 2. The van der Waals surface area contributed by atoms with Gasteiger partial charge < -0.3 is 20.3 Å². The van der Waals surface area contributed by atoms with Crippen LogP contribution in [0.5, 0.6) is 0 Å². The lowest BCUT2D eigenvalue weighted by atomic mass is 9.68. The third-order valence-corrected chi connectivity index (χ3v) is 7.08. The summed E-state index contributed by atoms with van der Waals surface area (Å²) in [7, 11) is 4.18. The minimum absolute atomic E-state index is 0.249. The molecule has 1 aliphatic heterocycles. The zero-order valence-corrected chi connectivity index (χ0v) is 21.2. The van der Waals surface area contributed by atoms with E-state index in [1.165, 1.54) is 19.3 Å². The van der Waals surface area contributed by atoms with Gasteiger partial charge in [-0.15, -0.1) is 0 Å². The fraction of sp³-hybridized carbons (Fsp3) is 0.483. The molecule has 0 saturated carbocycles. The van der Waals surface area contributed by atoms with Crippen LogP contribution in [0.15, 0.2) is 72.5 Å². The molecule has 184 valence electrons. The minimum Gasteiger partial charge on any atom is -0.414 e. The van der Waals surface area contributed by atoms with E-state index in [9.17, 15) is 4.79 Å². The van der Waals surface area contributed by atoms with Crippen LogP contribution in [0, 0.1) is 0 Å². The van der Waals surface area contributed by atoms with Crippen LogP contribution in [-0.4, -0.2) is 50.3 Å². The number of allylic oxidation sites excluding steroid dienone is 2. The van der Waals surface area contributed by atoms with Crippen LogP contribution < -0.4 is 10.6 Å². The first-order valence-electron chi connectivity index (χ1n) is 12.6. The average molecular weight is 464 g/mol. The third kappa shape index (κ3) is 6.49. The monoisotopic (exact) mass is 463 g/mol. The van der Waals surface area contributed by atoms with Crippen LogP contribution in [0.2, 0.25) is 0 Å². The molecule has 34 heavy (non-hydrogen) atoms. The number of nitrogens with one attached hydrogen (secondary N) is 2. The zero-order chi connectivity index (χ0) is 24.4. The van der Waals surface area contributed by atoms with Gasteiger partial charge in [0.1, 0.15) is 5.76 Å². The molecule has 2 aromatic carbocycles. The number of amides is 1. The zero-order valence-electron chi connectivity index (χ0n) is 21.2. The van der Waals surface area contributed by atoms with Gasteiger partial charge in [0.05, 0.1) is 5.41 Å². The Labute approximate surface area is 205 Å². The molecule has 1 aliphatic rings. The molecule has 2 aromatic rings. The van der Waals surface area contributed by atoms with Gasteiger partial charge in [-0.05, 0) is 77.4 Å². The first kappa shape index (κ1) is 26.0. The second kappa shape index (κ2) is 12.7. The van der Waals surface area contributed by atoms with Crippen LogP contribution in [0.3, 0.4) is 0 Å². The number of ether oxygens (including phenoxy) is 1. The number of alkyl carbamates (subject to hydrolysis) is 1. The van der Waals surface area contributed by atoms with Gasteiger partial charge in [0, 0.05) is 18.6 Å². The molecule has 1 amide bonds. The smallest absolute Gasteiger partial charge is 0.412 e. The van der Waals surface area contributed by atoms with E-state index in [-0.39, 0.29) is 6.04 Å². The number of piperidine rings is 1. The van der Waals surface area contributed by atoms with Crippen LogP contribution in [0.25, 0.3) is 0 Å². The molecule has 2 unspecified atom stereocenters. The molecule has 0 aromatic heterocycles. The predicted molar refractivity (Wildman–Crippen MR) is 140 cm³/mol. The van der Waals surface area contributed by atoms with Gasteiger partial charge in [0.2, 0.25) is 0 Å². The maximum atomic E-state index is 13.0. The molecule has 1 fully saturated rings. The van der Waals surface area contributed by atoms with Crippen LogP contribution in [0.1, 0.15) is 57.1 Å². The van der Waals surface area contributed by atoms with Crippen molar-refractivity contribution in [3.8, 4) is 0 Å². The highest BCUT2D eigenvalue weighted by Gasteiger charge is 2.42. The molecule has 5 nitrogen and oxygen atoms in total. The predicted octanol–water partition coefficient (Wildman–Crippen LogP) is 5.48. The van der Waals surface area contributed by atoms with E-state index in [1.54, 1.807) is 0 Å². The standard InChI is InChI=1S/C29H41N3O2/c1-5-27(34-28(33)31-21-19-26-18-12-13-20-30-26)29(22-23(2)32(3)4,24-14-8-6-9-15-24)25-16-10-7-11-17-25/h5-11,14-17,23,26,30H,12-13,18-22H2,1-4H3,(H,31,33)/b27-5-. The Morgan fingerprint density at radius 3 is 2.24 bits per heavy atom. The van der Waals surface area contributed by atoms with Crippen molar-refractivity contribution < 1.29 is 9.53 Å². The van der Waals surface area contributed by atoms with E-state index in [0.29, 0.717) is 18.3 Å². The van der Waals surface area contributed by atoms with Crippen molar-refractivity contribution in [2.24, 2.45) is 0 Å². The molecule has 2 N–H and O–H groups in total. The summed E-state index contributed by atoms with van der Waals surface area (Å²) in [6.45, 7) is 5.84. The highest BCUT2D eigenvalue weighted by molar-refractivity contribution is 5.69. The maximum Gasteiger partial charge on any atom is 0.412 e. The Hall–Kier alpha value is -2.63. The minimum atomic E-state index is -0.594. The summed E-state index contributed by atoms with van der Waals surface area (Å²) in [5.41, 5.74) is 1.63. The SMILES string of the molecule is C/C=C(\OC(=O)NCCC1CCCCN1)C(CC(C)N(C)C)(c1ccccc1)c1ccccc1. The molecule has 0 aliphatic carbocycles. The number of hydrogen-bond acceptors (Lipinski definition) is 4. The van der Waals surface area contributed by atoms with E-state index >= 15 is 0 Å². The largest absolute Gasteiger partial charge is 0.414 e. The Kier molecular flexibility index (Phi) is 9.73. The average Bonchev–Trinajstić information content (AvgIpc) is 2.87. The number of benzene rings is 2. The number of nitrogens with zero attached hydrogens (tertiary/aromatic N) is 1. The highest BCUT2D eigenvalue weighted by Crippen LogP contribution is 2.44. The summed E-state index contributed by atoms with van der Waals surface area (Å²) in [6.07, 6.45) is 6.91. The van der Waals surface area contributed by atoms with Gasteiger partial charge >= 0.3 is 6.09 Å². The van der Waals surface area contributed by atoms with E-state index in [1.807, 2.05) is 25.1 Å². The van der Waals surface area contributed by atoms with Gasteiger partial charge in [-0.3, -0.25) is 0 Å². The Morgan fingerprint density at radius 2 is 1.74 bits per heavy atom. The lowest BCUT2D eigenvalue weighted by Gasteiger charge is -2.39. The summed E-state index contributed by atoms with van der Waals surface area (Å²) in [4.78, 5) is 15.2. The quantitative estimate of drug-likeness (QED) is 0.459. The topological polar surface area (TPSA) is 53.6 Å². The van der Waals surface area contributed by atoms with Gasteiger partial charge in [-0.25, -0.2) is 4.79 Å². The van der Waals surface area contributed by atoms with Crippen molar-refractivity contribution >= 4 is 6.09 Å². The summed E-state index contributed by atoms with van der Waals surface area (Å²) < 4.78 is 6.12. The summed E-state index contributed by atoms with van der Waals surface area (Å²) in [5, 5.41) is 6.53. The normalized spacial score (nSPS) is 17.9. The number of carbonyl (C=O) groups excluding carboxylic acids is 1. The van der Waals surface area contributed by atoms with Crippen molar-refractivity contribution in [2.45, 2.75) is 63.5 Å². The lowest BCUT2D eigenvalue weighted by molar-refractivity contribution is 0.154. The summed E-state index contributed by atoms with van der Waals surface area (Å²) >= 11 is 0. The first-order valence-corrected chi connectivity index (χ1v) is 12.6. The molecule has 0 spiro atoms. The molecule has 0 bridgehead atoms. The molecule has 3 rings (SSSR count). The summed E-state index contributed by atoms with van der Waals surface area (Å²) in [5.74, 6) is 0.659. The number of rotatable bonds is 10. The third-order valence-electron chi connectivity index (χ3n) is 7.08. The van der Waals surface area contributed by atoms with Gasteiger partial charge in [0.15, 0.2) is 0 Å².